The van der Waals surface area contributed by atoms with Gasteiger partial charge in [0, 0.05) is 12.0 Å². The summed E-state index contributed by atoms with van der Waals surface area (Å²) >= 11 is 0. The van der Waals surface area contributed by atoms with Crippen LogP contribution in [0.3, 0.4) is 0 Å². The molecule has 4 nitrogen and oxygen atoms in total. The summed E-state index contributed by atoms with van der Waals surface area (Å²) in [5.41, 5.74) is 1.87. The third-order valence-electron chi connectivity index (χ3n) is 3.11. The topological polar surface area (TPSA) is 52.6 Å². The molecule has 1 aromatic rings. The van der Waals surface area contributed by atoms with Gasteiger partial charge in [0.2, 0.25) is 0 Å². The summed E-state index contributed by atoms with van der Waals surface area (Å²) in [7, 11) is -2.97. The van der Waals surface area contributed by atoms with Crippen LogP contribution in [-0.2, 0) is 13.6 Å². The lowest BCUT2D eigenvalue weighted by atomic mass is 10.0. The van der Waals surface area contributed by atoms with Crippen molar-refractivity contribution in [3.05, 3.63) is 35.4 Å². The Morgan fingerprint density at radius 1 is 1.05 bits per heavy atom. The largest absolute Gasteiger partial charge is 0.330 e. The van der Waals surface area contributed by atoms with Gasteiger partial charge in [0.1, 0.15) is 0 Å². The lowest BCUT2D eigenvalue weighted by Crippen LogP contribution is -2.02. The lowest BCUT2D eigenvalue weighted by Gasteiger charge is -2.16. The van der Waals surface area contributed by atoms with Crippen LogP contribution in [0.4, 0.5) is 0 Å². The quantitative estimate of drug-likeness (QED) is 0.359. The molecule has 5 heteroatoms. The molecule has 0 aliphatic carbocycles. The fourth-order valence-corrected chi connectivity index (χ4v) is 3.76. The SMILES string of the molecule is CCOP(=O)(CCCCC(=O)c1ccc(C)cc1)OCC. The second-order valence-corrected chi connectivity index (χ2v) is 7.10. The van der Waals surface area contributed by atoms with E-state index in [1.807, 2.05) is 31.2 Å². The van der Waals surface area contributed by atoms with E-state index in [4.69, 9.17) is 9.05 Å². The number of rotatable bonds is 10. The number of hydrogen-bond acceptors (Lipinski definition) is 4. The zero-order chi connectivity index (χ0) is 15.7. The zero-order valence-electron chi connectivity index (χ0n) is 13.1. The molecule has 0 atom stereocenters. The summed E-state index contributed by atoms with van der Waals surface area (Å²) < 4.78 is 22.7. The molecule has 0 radical (unpaired) electrons. The van der Waals surface area contributed by atoms with Crippen molar-refractivity contribution in [2.45, 2.75) is 40.0 Å². The minimum absolute atomic E-state index is 0.123. The predicted molar refractivity (Wildman–Crippen MR) is 85.1 cm³/mol. The van der Waals surface area contributed by atoms with Crippen LogP contribution in [0.15, 0.2) is 24.3 Å². The molecule has 0 aliphatic heterocycles. The van der Waals surface area contributed by atoms with Crippen molar-refractivity contribution in [2.24, 2.45) is 0 Å². The van der Waals surface area contributed by atoms with E-state index in [-0.39, 0.29) is 5.78 Å². The van der Waals surface area contributed by atoms with Gasteiger partial charge >= 0.3 is 7.60 Å². The highest BCUT2D eigenvalue weighted by molar-refractivity contribution is 7.53. The molecule has 118 valence electrons. The summed E-state index contributed by atoms with van der Waals surface area (Å²) in [5.74, 6) is 0.123. The molecule has 21 heavy (non-hydrogen) atoms. The van der Waals surface area contributed by atoms with Gasteiger partial charge in [-0.25, -0.2) is 0 Å². The average molecular weight is 312 g/mol. The second kappa shape index (κ2) is 9.14. The molecule has 0 fully saturated rings. The molecule has 1 aromatic carbocycles. The Morgan fingerprint density at radius 3 is 2.14 bits per heavy atom. The lowest BCUT2D eigenvalue weighted by molar-refractivity contribution is 0.0979. The average Bonchev–Trinajstić information content (AvgIpc) is 2.45. The fourth-order valence-electron chi connectivity index (χ4n) is 2.03. The second-order valence-electron chi connectivity index (χ2n) is 4.92. The monoisotopic (exact) mass is 312 g/mol. The van der Waals surface area contributed by atoms with Gasteiger partial charge in [-0.3, -0.25) is 9.36 Å². The minimum atomic E-state index is -2.97. The van der Waals surface area contributed by atoms with E-state index in [0.717, 1.165) is 11.1 Å². The Bertz CT molecular complexity index is 472. The van der Waals surface area contributed by atoms with Gasteiger partial charge < -0.3 is 9.05 Å². The summed E-state index contributed by atoms with van der Waals surface area (Å²) in [6.45, 7) is 6.34. The van der Waals surface area contributed by atoms with Crippen LogP contribution in [0.1, 0.15) is 49.0 Å². The first kappa shape index (κ1) is 18.1. The van der Waals surface area contributed by atoms with E-state index in [0.29, 0.717) is 38.6 Å². The number of unbranched alkanes of at least 4 members (excludes halogenated alkanes) is 1. The Hall–Kier alpha value is -0.960. The van der Waals surface area contributed by atoms with Crippen molar-refractivity contribution in [1.29, 1.82) is 0 Å². The molecule has 0 saturated heterocycles. The third-order valence-corrected chi connectivity index (χ3v) is 5.28. The van der Waals surface area contributed by atoms with Gasteiger partial charge in [-0.05, 0) is 33.6 Å². The Balaban J connectivity index is 2.37. The van der Waals surface area contributed by atoms with Gasteiger partial charge in [0.25, 0.3) is 0 Å². The normalized spacial score (nSPS) is 11.6. The van der Waals surface area contributed by atoms with Gasteiger partial charge in [0.05, 0.1) is 19.4 Å². The van der Waals surface area contributed by atoms with Crippen molar-refractivity contribution in [1.82, 2.24) is 0 Å². The molecule has 1 rings (SSSR count). The highest BCUT2D eigenvalue weighted by Gasteiger charge is 2.22. The maximum Gasteiger partial charge on any atom is 0.330 e. The minimum Gasteiger partial charge on any atom is -0.309 e. The molecule has 0 amide bonds. The van der Waals surface area contributed by atoms with E-state index in [9.17, 15) is 9.36 Å². The highest BCUT2D eigenvalue weighted by Crippen LogP contribution is 2.48. The summed E-state index contributed by atoms with van der Waals surface area (Å²) in [4.78, 5) is 12.0. The maximum atomic E-state index is 12.2. The first-order valence-corrected chi connectivity index (χ1v) is 9.21. The van der Waals surface area contributed by atoms with Crippen LogP contribution in [0.5, 0.6) is 0 Å². The van der Waals surface area contributed by atoms with Crippen LogP contribution in [-0.4, -0.2) is 25.2 Å². The molecule has 0 bridgehead atoms. The van der Waals surface area contributed by atoms with Gasteiger partial charge in [-0.1, -0.05) is 29.8 Å². The van der Waals surface area contributed by atoms with Crippen LogP contribution < -0.4 is 0 Å². The fraction of sp³-hybridized carbons (Fsp3) is 0.562. The van der Waals surface area contributed by atoms with E-state index in [1.165, 1.54) is 0 Å². The summed E-state index contributed by atoms with van der Waals surface area (Å²) in [6, 6.07) is 7.57. The Labute approximate surface area is 127 Å². The standard InChI is InChI=1S/C16H25O4P/c1-4-19-21(18,20-5-2)13-7-6-8-16(17)15-11-9-14(3)10-12-15/h9-12H,4-8,13H2,1-3H3. The number of ketones is 1. The summed E-state index contributed by atoms with van der Waals surface area (Å²) in [6.07, 6.45) is 2.18. The van der Waals surface area contributed by atoms with Crippen LogP contribution in [0, 0.1) is 6.92 Å². The molecule has 0 aromatic heterocycles. The molecule has 0 N–H and O–H groups in total. The van der Waals surface area contributed by atoms with Crippen molar-refractivity contribution >= 4 is 13.4 Å². The first-order chi connectivity index (χ1) is 10.0. The predicted octanol–water partition coefficient (Wildman–Crippen LogP) is 4.61. The number of carbonyl (C=O) groups is 1. The van der Waals surface area contributed by atoms with Gasteiger partial charge in [0.15, 0.2) is 5.78 Å². The van der Waals surface area contributed by atoms with Gasteiger partial charge in [-0.15, -0.1) is 0 Å². The van der Waals surface area contributed by atoms with Crippen molar-refractivity contribution in [2.75, 3.05) is 19.4 Å². The molecule has 0 heterocycles. The highest BCUT2D eigenvalue weighted by atomic mass is 31.2. The van der Waals surface area contributed by atoms with Crippen LogP contribution >= 0.6 is 7.60 Å². The Kier molecular flexibility index (Phi) is 7.87. The molecular formula is C16H25O4P. The van der Waals surface area contributed by atoms with E-state index in [2.05, 4.69) is 0 Å². The maximum absolute atomic E-state index is 12.2. The number of Topliss-reactive ketones (excluding diaryl/α,β-unsaturated/α-hetero) is 1. The van der Waals surface area contributed by atoms with Crippen LogP contribution in [0.2, 0.25) is 0 Å². The first-order valence-electron chi connectivity index (χ1n) is 7.48. The van der Waals surface area contributed by atoms with Gasteiger partial charge in [-0.2, -0.15) is 0 Å². The van der Waals surface area contributed by atoms with Crippen molar-refractivity contribution in [3.8, 4) is 0 Å². The molecule has 0 saturated carbocycles. The Morgan fingerprint density at radius 2 is 1.62 bits per heavy atom. The number of hydrogen-bond donors (Lipinski definition) is 0. The summed E-state index contributed by atoms with van der Waals surface area (Å²) in [5, 5.41) is 0. The molecule has 0 aliphatic rings. The number of aryl methyl sites for hydroxylation is 1. The van der Waals surface area contributed by atoms with Crippen molar-refractivity contribution in [3.63, 3.8) is 0 Å². The zero-order valence-corrected chi connectivity index (χ0v) is 14.0. The molecular weight excluding hydrogens is 287 g/mol. The van der Waals surface area contributed by atoms with E-state index >= 15 is 0 Å². The van der Waals surface area contributed by atoms with Crippen LogP contribution in [0.25, 0.3) is 0 Å². The number of benzene rings is 1. The molecule has 0 unspecified atom stereocenters. The van der Waals surface area contributed by atoms with E-state index in [1.54, 1.807) is 13.8 Å². The third kappa shape index (κ3) is 6.56. The van der Waals surface area contributed by atoms with E-state index < -0.39 is 7.60 Å². The van der Waals surface area contributed by atoms with Crippen molar-refractivity contribution < 1.29 is 18.4 Å². The molecule has 0 spiro atoms. The smallest absolute Gasteiger partial charge is 0.309 e. The number of carbonyl (C=O) groups excluding carboxylic acids is 1.